The molecule has 5 nitrogen and oxygen atoms in total. The number of hydrogen-bond acceptors (Lipinski definition) is 5. The van der Waals surface area contributed by atoms with Crippen molar-refractivity contribution in [3.8, 4) is 11.3 Å². The Labute approximate surface area is 152 Å². The minimum Gasteiger partial charge on any atom is -0.384 e. The third-order valence-electron chi connectivity index (χ3n) is 4.99. The number of anilines is 1. The fraction of sp³-hybridized carbons (Fsp3) is 0.474. The Morgan fingerprint density at radius 1 is 1.32 bits per heavy atom. The number of rotatable bonds is 5. The van der Waals surface area contributed by atoms with Crippen LogP contribution in [0.2, 0.25) is 0 Å². The van der Waals surface area contributed by atoms with Crippen molar-refractivity contribution in [1.29, 1.82) is 0 Å². The highest BCUT2D eigenvalue weighted by molar-refractivity contribution is 7.14. The number of nitrogens with zero attached hydrogens (tertiary/aromatic N) is 1. The molecule has 1 aliphatic heterocycles. The van der Waals surface area contributed by atoms with Crippen LogP contribution < -0.4 is 10.6 Å². The van der Waals surface area contributed by atoms with Crippen LogP contribution in [0, 0.1) is 19.3 Å². The van der Waals surface area contributed by atoms with E-state index in [-0.39, 0.29) is 5.91 Å². The first-order valence-electron chi connectivity index (χ1n) is 8.58. The molecule has 0 bridgehead atoms. The van der Waals surface area contributed by atoms with E-state index in [1.807, 2.05) is 5.38 Å². The molecule has 0 unspecified atom stereocenters. The Morgan fingerprint density at radius 3 is 2.76 bits per heavy atom. The normalized spacial score (nSPS) is 16.6. The molecule has 3 rings (SSSR count). The molecule has 134 valence electrons. The molecule has 0 spiro atoms. The maximum Gasteiger partial charge on any atom is 0.234 e. The minimum atomic E-state index is -0.466. The van der Waals surface area contributed by atoms with E-state index in [0.717, 1.165) is 37.2 Å². The molecule has 25 heavy (non-hydrogen) atoms. The molecule has 2 aromatic rings. The highest BCUT2D eigenvalue weighted by Gasteiger charge is 2.40. The number of nitrogens with one attached hydrogen (secondary N) is 2. The number of methoxy groups -OCH3 is 1. The van der Waals surface area contributed by atoms with Crippen LogP contribution in [0.5, 0.6) is 0 Å². The molecular formula is C19H25N3O2S. The number of carbonyl (C=O) groups excluding carboxylic acids is 1. The van der Waals surface area contributed by atoms with Gasteiger partial charge in [-0.1, -0.05) is 12.1 Å². The van der Waals surface area contributed by atoms with Crippen LogP contribution in [0.1, 0.15) is 24.0 Å². The number of piperidine rings is 1. The Morgan fingerprint density at radius 2 is 2.08 bits per heavy atom. The summed E-state index contributed by atoms with van der Waals surface area (Å²) in [6.45, 7) is 6.31. The molecule has 2 N–H and O–H groups in total. The summed E-state index contributed by atoms with van der Waals surface area (Å²) in [7, 11) is 1.65. The standard InChI is InChI=1S/C19H25N3O2S/c1-13-4-5-15(10-14(13)2)16-11-25-18(21-16)22-17(23)19(12-24-3)6-8-20-9-7-19/h4-5,10-11,20H,6-9,12H2,1-3H3,(H,21,22,23). The van der Waals surface area contributed by atoms with Crippen molar-refractivity contribution in [2.75, 3.05) is 32.1 Å². The van der Waals surface area contributed by atoms with Crippen molar-refractivity contribution in [3.63, 3.8) is 0 Å². The number of aryl methyl sites for hydroxylation is 2. The van der Waals surface area contributed by atoms with E-state index >= 15 is 0 Å². The van der Waals surface area contributed by atoms with Crippen molar-refractivity contribution in [1.82, 2.24) is 10.3 Å². The molecule has 1 saturated heterocycles. The Kier molecular flexibility index (Phi) is 5.51. The van der Waals surface area contributed by atoms with Crippen LogP contribution in [0.4, 0.5) is 5.13 Å². The van der Waals surface area contributed by atoms with E-state index in [0.29, 0.717) is 11.7 Å². The van der Waals surface area contributed by atoms with Crippen LogP contribution in [0.3, 0.4) is 0 Å². The largest absolute Gasteiger partial charge is 0.384 e. The summed E-state index contributed by atoms with van der Waals surface area (Å²) in [5.41, 5.74) is 4.01. The summed E-state index contributed by atoms with van der Waals surface area (Å²) in [5.74, 6) is 0.0110. The van der Waals surface area contributed by atoms with E-state index in [1.54, 1.807) is 7.11 Å². The Hall–Kier alpha value is -1.76. The highest BCUT2D eigenvalue weighted by atomic mass is 32.1. The maximum atomic E-state index is 12.9. The lowest BCUT2D eigenvalue weighted by atomic mass is 9.79. The van der Waals surface area contributed by atoms with Gasteiger partial charge in [0.2, 0.25) is 5.91 Å². The van der Waals surface area contributed by atoms with Gasteiger partial charge in [-0.25, -0.2) is 4.98 Å². The molecule has 0 saturated carbocycles. The summed E-state index contributed by atoms with van der Waals surface area (Å²) >= 11 is 1.46. The first kappa shape index (κ1) is 18.0. The molecule has 1 amide bonds. The number of hydrogen-bond donors (Lipinski definition) is 2. The lowest BCUT2D eigenvalue weighted by Gasteiger charge is -2.35. The van der Waals surface area contributed by atoms with Crippen LogP contribution in [0.25, 0.3) is 11.3 Å². The maximum absolute atomic E-state index is 12.9. The van der Waals surface area contributed by atoms with Gasteiger partial charge in [0.15, 0.2) is 5.13 Å². The number of benzene rings is 1. The second-order valence-electron chi connectivity index (χ2n) is 6.75. The monoisotopic (exact) mass is 359 g/mol. The van der Waals surface area contributed by atoms with Gasteiger partial charge in [0, 0.05) is 18.1 Å². The summed E-state index contributed by atoms with van der Waals surface area (Å²) in [6, 6.07) is 6.31. The topological polar surface area (TPSA) is 63.2 Å². The first-order chi connectivity index (χ1) is 12.0. The molecule has 1 fully saturated rings. The third kappa shape index (κ3) is 3.92. The van der Waals surface area contributed by atoms with E-state index in [4.69, 9.17) is 4.74 Å². The number of carbonyl (C=O) groups is 1. The fourth-order valence-electron chi connectivity index (χ4n) is 3.21. The molecule has 2 heterocycles. The third-order valence-corrected chi connectivity index (χ3v) is 5.75. The predicted molar refractivity (Wildman–Crippen MR) is 102 cm³/mol. The molecule has 1 aliphatic rings. The van der Waals surface area contributed by atoms with Crippen molar-refractivity contribution >= 4 is 22.4 Å². The Balaban J connectivity index is 1.75. The average Bonchev–Trinajstić information content (AvgIpc) is 3.07. The van der Waals surface area contributed by atoms with Crippen molar-refractivity contribution in [2.24, 2.45) is 5.41 Å². The van der Waals surface area contributed by atoms with Gasteiger partial charge in [0.25, 0.3) is 0 Å². The molecule has 1 aromatic carbocycles. The van der Waals surface area contributed by atoms with Gasteiger partial charge >= 0.3 is 0 Å². The fourth-order valence-corrected chi connectivity index (χ4v) is 3.93. The molecule has 1 aromatic heterocycles. The second-order valence-corrected chi connectivity index (χ2v) is 7.61. The molecular weight excluding hydrogens is 334 g/mol. The van der Waals surface area contributed by atoms with E-state index in [2.05, 4.69) is 47.7 Å². The number of amides is 1. The molecule has 0 atom stereocenters. The molecule has 0 aliphatic carbocycles. The van der Waals surface area contributed by atoms with Gasteiger partial charge in [-0.15, -0.1) is 11.3 Å². The number of ether oxygens (including phenoxy) is 1. The van der Waals surface area contributed by atoms with Gasteiger partial charge in [0.05, 0.1) is 17.7 Å². The summed E-state index contributed by atoms with van der Waals surface area (Å²) in [6.07, 6.45) is 1.56. The number of thiazole rings is 1. The van der Waals surface area contributed by atoms with Crippen molar-refractivity contribution in [3.05, 3.63) is 34.7 Å². The van der Waals surface area contributed by atoms with Gasteiger partial charge in [-0.2, -0.15) is 0 Å². The summed E-state index contributed by atoms with van der Waals surface area (Å²) < 4.78 is 5.34. The van der Waals surface area contributed by atoms with Crippen molar-refractivity contribution in [2.45, 2.75) is 26.7 Å². The first-order valence-corrected chi connectivity index (χ1v) is 9.46. The second kappa shape index (κ2) is 7.64. The van der Waals surface area contributed by atoms with Gasteiger partial charge < -0.3 is 15.4 Å². The zero-order valence-corrected chi connectivity index (χ0v) is 15.8. The highest BCUT2D eigenvalue weighted by Crippen LogP contribution is 2.32. The summed E-state index contributed by atoms with van der Waals surface area (Å²) in [5, 5.41) is 8.95. The number of aromatic nitrogens is 1. The van der Waals surface area contributed by atoms with E-state index in [1.165, 1.54) is 22.5 Å². The summed E-state index contributed by atoms with van der Waals surface area (Å²) in [4.78, 5) is 17.5. The lowest BCUT2D eigenvalue weighted by Crippen LogP contribution is -2.47. The SMILES string of the molecule is COCC1(C(=O)Nc2nc(-c3ccc(C)c(C)c3)cs2)CCNCC1. The predicted octanol–water partition coefficient (Wildman–Crippen LogP) is 3.38. The quantitative estimate of drug-likeness (QED) is 0.859. The van der Waals surface area contributed by atoms with Crippen LogP contribution in [-0.2, 0) is 9.53 Å². The van der Waals surface area contributed by atoms with Crippen LogP contribution >= 0.6 is 11.3 Å². The smallest absolute Gasteiger partial charge is 0.234 e. The molecule has 6 heteroatoms. The van der Waals surface area contributed by atoms with E-state index in [9.17, 15) is 4.79 Å². The Bertz CT molecular complexity index is 745. The molecule has 0 radical (unpaired) electrons. The minimum absolute atomic E-state index is 0.0110. The van der Waals surface area contributed by atoms with E-state index < -0.39 is 5.41 Å². The van der Waals surface area contributed by atoms with Gasteiger partial charge in [-0.05, 0) is 57.0 Å². The van der Waals surface area contributed by atoms with Crippen LogP contribution in [-0.4, -0.2) is 37.7 Å². The zero-order chi connectivity index (χ0) is 17.9. The van der Waals surface area contributed by atoms with Gasteiger partial charge in [-0.3, -0.25) is 4.79 Å². The lowest BCUT2D eigenvalue weighted by molar-refractivity contribution is -0.130. The average molecular weight is 359 g/mol. The van der Waals surface area contributed by atoms with Gasteiger partial charge in [0.1, 0.15) is 0 Å². The van der Waals surface area contributed by atoms with Crippen LogP contribution in [0.15, 0.2) is 23.6 Å². The zero-order valence-electron chi connectivity index (χ0n) is 15.0. The van der Waals surface area contributed by atoms with Crippen molar-refractivity contribution < 1.29 is 9.53 Å².